The fourth-order valence-electron chi connectivity index (χ4n) is 0.302. The van der Waals surface area contributed by atoms with Gasteiger partial charge in [-0.3, -0.25) is 4.79 Å². The zero-order chi connectivity index (χ0) is 7.82. The summed E-state index contributed by atoms with van der Waals surface area (Å²) in [4.78, 5) is 10.1. The molecule has 0 aliphatic rings. The predicted octanol–water partition coefficient (Wildman–Crippen LogP) is 0.576. The summed E-state index contributed by atoms with van der Waals surface area (Å²) < 4.78 is 4.51. The lowest BCUT2D eigenvalue weighted by Gasteiger charge is -1.90. The van der Waals surface area contributed by atoms with Gasteiger partial charge in [0.15, 0.2) is 6.61 Å². The second-order valence-corrected chi connectivity index (χ2v) is 1.51. The van der Waals surface area contributed by atoms with Crippen molar-refractivity contribution in [1.82, 2.24) is 0 Å². The van der Waals surface area contributed by atoms with Crippen molar-refractivity contribution in [2.24, 2.45) is 0 Å². The summed E-state index contributed by atoms with van der Waals surface area (Å²) in [5.74, 6) is 7.23. The second-order valence-electron chi connectivity index (χ2n) is 1.51. The van der Waals surface area contributed by atoms with Crippen molar-refractivity contribution in [3.63, 3.8) is 0 Å². The summed E-state index contributed by atoms with van der Waals surface area (Å²) in [6, 6.07) is 0. The molecule has 0 amide bonds. The molecule has 0 atom stereocenters. The second kappa shape index (κ2) is 5.72. The average Bonchev–Trinajstić information content (AvgIpc) is 1.87. The molecule has 0 radical (unpaired) electrons. The van der Waals surface area contributed by atoms with Crippen molar-refractivity contribution in [3.8, 4) is 24.2 Å². The van der Waals surface area contributed by atoms with Gasteiger partial charge < -0.3 is 4.74 Å². The minimum absolute atomic E-state index is 0.136. The molecule has 0 aromatic rings. The minimum atomic E-state index is -0.324. The third kappa shape index (κ3) is 6.59. The molecule has 0 spiro atoms. The first-order valence-corrected chi connectivity index (χ1v) is 2.80. The molecule has 0 aliphatic heterocycles. The van der Waals surface area contributed by atoms with E-state index < -0.39 is 0 Å². The van der Waals surface area contributed by atoms with E-state index in [0.717, 1.165) is 0 Å². The first kappa shape index (κ1) is 8.59. The largest absolute Gasteiger partial charge is 0.453 e. The Labute approximate surface area is 60.6 Å². The molecule has 0 saturated carbocycles. The Morgan fingerprint density at radius 1 is 1.60 bits per heavy atom. The Bertz CT molecular complexity index is 200. The lowest BCUT2D eigenvalue weighted by atomic mass is 10.4. The van der Waals surface area contributed by atoms with E-state index >= 15 is 0 Å². The van der Waals surface area contributed by atoms with E-state index in [1.807, 2.05) is 0 Å². The minimum Gasteiger partial charge on any atom is -0.453 e. The van der Waals surface area contributed by atoms with Crippen LogP contribution in [0.4, 0.5) is 0 Å². The van der Waals surface area contributed by atoms with E-state index in [2.05, 4.69) is 22.5 Å². The molecule has 2 nitrogen and oxygen atoms in total. The zero-order valence-electron chi connectivity index (χ0n) is 5.81. The standard InChI is InChI=1S/C8H8O2/c1-3-4-5-6-7-10-8(2)9/h1H,4,7H2,2H3. The smallest absolute Gasteiger partial charge is 0.303 e. The molecule has 0 rings (SSSR count). The fourth-order valence-corrected chi connectivity index (χ4v) is 0.302. The van der Waals surface area contributed by atoms with Crippen LogP contribution >= 0.6 is 0 Å². The van der Waals surface area contributed by atoms with Gasteiger partial charge in [0.25, 0.3) is 0 Å². The highest BCUT2D eigenvalue weighted by Gasteiger charge is 1.84. The molecular formula is C8H8O2. The fraction of sp³-hybridized carbons (Fsp3) is 0.375. The number of hydrogen-bond acceptors (Lipinski definition) is 2. The summed E-state index contributed by atoms with van der Waals surface area (Å²) in [5.41, 5.74) is 0. The van der Waals surface area contributed by atoms with Crippen molar-refractivity contribution in [1.29, 1.82) is 0 Å². The molecule has 0 fully saturated rings. The van der Waals surface area contributed by atoms with Gasteiger partial charge in [-0.15, -0.1) is 6.42 Å². The maximum atomic E-state index is 10.1. The predicted molar refractivity (Wildman–Crippen MR) is 37.9 cm³/mol. The van der Waals surface area contributed by atoms with Crippen LogP contribution in [0.3, 0.4) is 0 Å². The molecule has 0 unspecified atom stereocenters. The normalized spacial score (nSPS) is 6.80. The Morgan fingerprint density at radius 2 is 2.30 bits per heavy atom. The van der Waals surface area contributed by atoms with E-state index in [-0.39, 0.29) is 12.6 Å². The van der Waals surface area contributed by atoms with E-state index in [1.165, 1.54) is 6.92 Å². The number of esters is 1. The number of ether oxygens (including phenoxy) is 1. The van der Waals surface area contributed by atoms with Crippen LogP contribution in [0.1, 0.15) is 13.3 Å². The highest BCUT2D eigenvalue weighted by Crippen LogP contribution is 1.74. The van der Waals surface area contributed by atoms with Gasteiger partial charge in [0, 0.05) is 6.92 Å². The third-order valence-corrected chi connectivity index (χ3v) is 0.663. The zero-order valence-corrected chi connectivity index (χ0v) is 5.81. The van der Waals surface area contributed by atoms with Crippen LogP contribution in [-0.4, -0.2) is 12.6 Å². The van der Waals surface area contributed by atoms with Gasteiger partial charge in [-0.05, 0) is 0 Å². The SMILES string of the molecule is C#CCC#CCOC(C)=O. The van der Waals surface area contributed by atoms with E-state index in [1.54, 1.807) is 0 Å². The molecule has 0 saturated heterocycles. The molecular weight excluding hydrogens is 128 g/mol. The Morgan fingerprint density at radius 3 is 2.80 bits per heavy atom. The van der Waals surface area contributed by atoms with Crippen LogP contribution in [-0.2, 0) is 9.53 Å². The monoisotopic (exact) mass is 136 g/mol. The van der Waals surface area contributed by atoms with Gasteiger partial charge in [0.05, 0.1) is 6.42 Å². The van der Waals surface area contributed by atoms with Gasteiger partial charge in [-0.2, -0.15) is 0 Å². The first-order chi connectivity index (χ1) is 4.77. The van der Waals surface area contributed by atoms with Crippen molar-refractivity contribution in [3.05, 3.63) is 0 Å². The van der Waals surface area contributed by atoms with Crippen LogP contribution in [0.25, 0.3) is 0 Å². The Balaban J connectivity index is 3.31. The lowest BCUT2D eigenvalue weighted by molar-refractivity contribution is -0.139. The number of carbonyl (C=O) groups is 1. The first-order valence-electron chi connectivity index (χ1n) is 2.80. The maximum absolute atomic E-state index is 10.1. The van der Waals surface area contributed by atoms with Crippen molar-refractivity contribution >= 4 is 5.97 Å². The van der Waals surface area contributed by atoms with Crippen LogP contribution in [0.15, 0.2) is 0 Å². The molecule has 0 heterocycles. The molecule has 52 valence electrons. The summed E-state index contributed by atoms with van der Waals surface area (Å²) in [7, 11) is 0. The van der Waals surface area contributed by atoms with E-state index in [0.29, 0.717) is 6.42 Å². The van der Waals surface area contributed by atoms with Crippen LogP contribution in [0, 0.1) is 24.2 Å². The summed E-state index contributed by atoms with van der Waals surface area (Å²) in [6.07, 6.45) is 5.31. The molecule has 0 aliphatic carbocycles. The number of terminal acetylenes is 1. The number of hydrogen-bond donors (Lipinski definition) is 0. The van der Waals surface area contributed by atoms with Gasteiger partial charge in [0.2, 0.25) is 0 Å². The average molecular weight is 136 g/mol. The number of carbonyl (C=O) groups excluding carboxylic acids is 1. The topological polar surface area (TPSA) is 26.3 Å². The summed E-state index contributed by atoms with van der Waals surface area (Å²) >= 11 is 0. The Kier molecular flexibility index (Phi) is 4.91. The maximum Gasteiger partial charge on any atom is 0.303 e. The molecule has 0 bridgehead atoms. The summed E-state index contributed by atoms with van der Waals surface area (Å²) in [5, 5.41) is 0. The molecule has 0 N–H and O–H groups in total. The Hall–Kier alpha value is -1.41. The molecule has 0 aromatic heterocycles. The summed E-state index contributed by atoms with van der Waals surface area (Å²) in [6.45, 7) is 1.47. The van der Waals surface area contributed by atoms with Crippen molar-refractivity contribution in [2.45, 2.75) is 13.3 Å². The molecule has 0 aromatic carbocycles. The van der Waals surface area contributed by atoms with Crippen molar-refractivity contribution < 1.29 is 9.53 Å². The highest BCUT2D eigenvalue weighted by molar-refractivity contribution is 5.66. The molecule has 10 heavy (non-hydrogen) atoms. The third-order valence-electron chi connectivity index (χ3n) is 0.663. The van der Waals surface area contributed by atoms with Gasteiger partial charge in [-0.1, -0.05) is 17.8 Å². The molecule has 2 heteroatoms. The van der Waals surface area contributed by atoms with E-state index in [4.69, 9.17) is 6.42 Å². The van der Waals surface area contributed by atoms with Crippen LogP contribution in [0.2, 0.25) is 0 Å². The van der Waals surface area contributed by atoms with Gasteiger partial charge in [0.1, 0.15) is 0 Å². The van der Waals surface area contributed by atoms with Crippen molar-refractivity contribution in [2.75, 3.05) is 6.61 Å². The van der Waals surface area contributed by atoms with Gasteiger partial charge >= 0.3 is 5.97 Å². The van der Waals surface area contributed by atoms with E-state index in [9.17, 15) is 4.79 Å². The number of rotatable bonds is 1. The van der Waals surface area contributed by atoms with Crippen LogP contribution < -0.4 is 0 Å². The quantitative estimate of drug-likeness (QED) is 0.389. The lowest BCUT2D eigenvalue weighted by Crippen LogP contribution is -1.97. The highest BCUT2D eigenvalue weighted by atomic mass is 16.5. The van der Waals surface area contributed by atoms with Gasteiger partial charge in [-0.25, -0.2) is 0 Å². The van der Waals surface area contributed by atoms with Crippen LogP contribution in [0.5, 0.6) is 0 Å².